The van der Waals surface area contributed by atoms with Crippen LogP contribution in [0.25, 0.3) is 0 Å². The van der Waals surface area contributed by atoms with E-state index in [9.17, 15) is 10.4 Å². The van der Waals surface area contributed by atoms with Crippen molar-refractivity contribution in [2.45, 2.75) is 43.9 Å². The Kier molecular flexibility index (Phi) is 6.46. The first kappa shape index (κ1) is 21.9. The van der Waals surface area contributed by atoms with Gasteiger partial charge in [0.1, 0.15) is 11.9 Å². The Bertz CT molecular complexity index is 1000. The van der Waals surface area contributed by atoms with Gasteiger partial charge >= 0.3 is 0 Å². The first-order chi connectivity index (χ1) is 15.5. The van der Waals surface area contributed by atoms with Crippen molar-refractivity contribution in [1.82, 2.24) is 10.6 Å². The minimum absolute atomic E-state index is 0.225. The third kappa shape index (κ3) is 4.48. The molecule has 4 rings (SSSR count). The maximum Gasteiger partial charge on any atom is 0.205 e. The summed E-state index contributed by atoms with van der Waals surface area (Å²) in [6.07, 6.45) is 0.826. The van der Waals surface area contributed by atoms with Crippen molar-refractivity contribution in [3.63, 3.8) is 0 Å². The number of nitriles is 1. The van der Waals surface area contributed by atoms with Gasteiger partial charge in [0.2, 0.25) is 5.96 Å². The summed E-state index contributed by atoms with van der Waals surface area (Å²) in [6.45, 7) is 3.14. The molecule has 3 atom stereocenters. The predicted molar refractivity (Wildman–Crippen MR) is 118 cm³/mol. The van der Waals surface area contributed by atoms with Gasteiger partial charge in [0.05, 0.1) is 25.8 Å². The summed E-state index contributed by atoms with van der Waals surface area (Å²) in [5.41, 5.74) is 6.97. The van der Waals surface area contributed by atoms with E-state index in [1.807, 2.05) is 36.5 Å². The Labute approximate surface area is 186 Å². The molecule has 2 aromatic carbocycles. The Morgan fingerprint density at radius 1 is 1.25 bits per heavy atom. The topological polar surface area (TPSA) is 134 Å². The van der Waals surface area contributed by atoms with E-state index in [0.717, 1.165) is 12.0 Å². The summed E-state index contributed by atoms with van der Waals surface area (Å²) in [5, 5.41) is 26.4. The molecule has 0 amide bonds. The quantitative estimate of drug-likeness (QED) is 0.187. The van der Waals surface area contributed by atoms with Crippen LogP contribution < -0.4 is 21.1 Å². The largest absolute Gasteiger partial charge is 0.479 e. The molecular weight excluding hydrogens is 410 g/mol. The first-order valence-electron chi connectivity index (χ1n) is 10.5. The van der Waals surface area contributed by atoms with Gasteiger partial charge in [0.25, 0.3) is 0 Å². The van der Waals surface area contributed by atoms with Crippen molar-refractivity contribution in [3.8, 4) is 11.9 Å². The van der Waals surface area contributed by atoms with Crippen LogP contribution in [0.5, 0.6) is 5.75 Å². The molecule has 0 spiro atoms. The van der Waals surface area contributed by atoms with Crippen LogP contribution in [0.3, 0.4) is 0 Å². The molecule has 0 saturated carbocycles. The Morgan fingerprint density at radius 3 is 2.72 bits per heavy atom. The van der Waals surface area contributed by atoms with Gasteiger partial charge in [-0.2, -0.15) is 5.26 Å². The summed E-state index contributed by atoms with van der Waals surface area (Å²) < 4.78 is 17.8. The monoisotopic (exact) mass is 437 g/mol. The number of hydrogen-bond acceptors (Lipinski definition) is 7. The van der Waals surface area contributed by atoms with Gasteiger partial charge in [-0.1, -0.05) is 30.3 Å². The maximum absolute atomic E-state index is 11.4. The second-order valence-electron chi connectivity index (χ2n) is 7.96. The van der Waals surface area contributed by atoms with Crippen molar-refractivity contribution in [2.24, 2.45) is 4.99 Å². The van der Waals surface area contributed by atoms with E-state index < -0.39 is 24.0 Å². The van der Waals surface area contributed by atoms with E-state index >= 15 is 0 Å². The lowest BCUT2D eigenvalue weighted by Crippen LogP contribution is -2.63. The van der Waals surface area contributed by atoms with Crippen LogP contribution in [-0.2, 0) is 16.0 Å². The molecule has 2 aliphatic heterocycles. The smallest absolute Gasteiger partial charge is 0.205 e. The number of anilines is 1. The highest BCUT2D eigenvalue weighted by molar-refractivity contribution is 5.82. The van der Waals surface area contributed by atoms with Crippen LogP contribution in [0.2, 0.25) is 0 Å². The molecule has 2 heterocycles. The Morgan fingerprint density at radius 2 is 2.00 bits per heavy atom. The molecule has 2 aromatic rings. The third-order valence-electron chi connectivity index (χ3n) is 5.63. The van der Waals surface area contributed by atoms with Gasteiger partial charge in [-0.25, -0.2) is 4.99 Å². The van der Waals surface area contributed by atoms with Crippen LogP contribution >= 0.6 is 0 Å². The molecule has 2 aliphatic rings. The highest BCUT2D eigenvalue weighted by atomic mass is 16.7. The van der Waals surface area contributed by atoms with E-state index in [4.69, 9.17) is 19.9 Å². The molecule has 0 aromatic heterocycles. The summed E-state index contributed by atoms with van der Waals surface area (Å²) >= 11 is 0. The van der Waals surface area contributed by atoms with Gasteiger partial charge in [-0.3, -0.25) is 5.32 Å². The Balaban J connectivity index is 1.66. The van der Waals surface area contributed by atoms with Crippen LogP contribution in [0.15, 0.2) is 53.5 Å². The fraction of sp³-hybridized carbons (Fsp3) is 0.391. The van der Waals surface area contributed by atoms with Gasteiger partial charge in [0.15, 0.2) is 18.1 Å². The van der Waals surface area contributed by atoms with Crippen molar-refractivity contribution in [3.05, 3.63) is 59.7 Å². The van der Waals surface area contributed by atoms with Crippen molar-refractivity contribution >= 4 is 11.6 Å². The van der Waals surface area contributed by atoms with E-state index in [2.05, 4.69) is 15.6 Å². The SMILES string of the molecule is C[C@]1(C2OCCCO2)Oc2ccc(N)cc2[C@@H](NC(=NCc2ccccc2)NC#N)[C@@H]1O. The van der Waals surface area contributed by atoms with Gasteiger partial charge in [-0.15, -0.1) is 0 Å². The minimum Gasteiger partial charge on any atom is -0.479 e. The third-order valence-corrected chi connectivity index (χ3v) is 5.63. The standard InChI is InChI=1S/C23H27N5O4/c1-23(21-30-10-5-11-31-21)20(29)19(17-12-16(25)8-9-18(17)32-23)28-22(27-14-24)26-13-15-6-3-2-4-7-15/h2-4,6-9,12,19-21,29H,5,10-11,13,25H2,1H3,(H2,26,27,28)/t19-,20+,23+/m1/s1. The molecule has 0 bridgehead atoms. The van der Waals surface area contributed by atoms with E-state index in [1.54, 1.807) is 25.1 Å². The molecule has 5 N–H and O–H groups in total. The normalized spacial score (nSPS) is 25.8. The van der Waals surface area contributed by atoms with Gasteiger partial charge < -0.3 is 30.4 Å². The number of guanidine groups is 1. The van der Waals surface area contributed by atoms with E-state index in [0.29, 0.717) is 36.8 Å². The molecule has 168 valence electrons. The fourth-order valence-corrected chi connectivity index (χ4v) is 3.94. The van der Waals surface area contributed by atoms with Crippen LogP contribution in [0.4, 0.5) is 5.69 Å². The highest BCUT2D eigenvalue weighted by Crippen LogP contribution is 2.43. The average Bonchev–Trinajstić information content (AvgIpc) is 2.82. The molecule has 0 aliphatic carbocycles. The van der Waals surface area contributed by atoms with Gasteiger partial charge in [0, 0.05) is 11.3 Å². The first-order valence-corrected chi connectivity index (χ1v) is 10.5. The molecule has 0 radical (unpaired) electrons. The number of ether oxygens (including phenoxy) is 3. The van der Waals surface area contributed by atoms with Crippen molar-refractivity contribution < 1.29 is 19.3 Å². The zero-order chi connectivity index (χ0) is 22.6. The second-order valence-corrected chi connectivity index (χ2v) is 7.96. The summed E-state index contributed by atoms with van der Waals surface area (Å²) in [4.78, 5) is 4.49. The van der Waals surface area contributed by atoms with Crippen molar-refractivity contribution in [1.29, 1.82) is 5.26 Å². The van der Waals surface area contributed by atoms with Crippen molar-refractivity contribution in [2.75, 3.05) is 18.9 Å². The minimum atomic E-state index is -1.20. The molecule has 9 heteroatoms. The second kappa shape index (κ2) is 9.44. The zero-order valence-electron chi connectivity index (χ0n) is 17.8. The number of hydrogen-bond donors (Lipinski definition) is 4. The average molecular weight is 438 g/mol. The van der Waals surface area contributed by atoms with Crippen LogP contribution in [0, 0.1) is 11.5 Å². The van der Waals surface area contributed by atoms with Crippen LogP contribution in [0.1, 0.15) is 30.5 Å². The molecule has 32 heavy (non-hydrogen) atoms. The number of benzene rings is 2. The zero-order valence-corrected chi connectivity index (χ0v) is 17.8. The number of nitrogens with zero attached hydrogens (tertiary/aromatic N) is 2. The number of nitrogens with one attached hydrogen (secondary N) is 2. The lowest BCUT2D eigenvalue weighted by Gasteiger charge is -2.48. The molecule has 9 nitrogen and oxygen atoms in total. The number of fused-ring (bicyclic) bond motifs is 1. The summed E-state index contributed by atoms with van der Waals surface area (Å²) in [7, 11) is 0. The van der Waals surface area contributed by atoms with Gasteiger partial charge in [-0.05, 0) is 37.1 Å². The number of nitrogens with two attached hydrogens (primary N) is 1. The predicted octanol–water partition coefficient (Wildman–Crippen LogP) is 1.80. The molecule has 1 saturated heterocycles. The number of nitrogen functional groups attached to an aromatic ring is 1. The van der Waals surface area contributed by atoms with Crippen LogP contribution in [-0.4, -0.2) is 42.3 Å². The number of aliphatic hydroxyl groups excluding tert-OH is 1. The number of aliphatic hydroxyl groups is 1. The van der Waals surface area contributed by atoms with E-state index in [1.165, 1.54) is 0 Å². The molecule has 0 unspecified atom stereocenters. The lowest BCUT2D eigenvalue weighted by atomic mass is 9.84. The molecular formula is C23H27N5O4. The Hall–Kier alpha value is -3.32. The lowest BCUT2D eigenvalue weighted by molar-refractivity contribution is -0.276. The number of aliphatic imine (C=N–C) groups is 1. The fourth-order valence-electron chi connectivity index (χ4n) is 3.94. The van der Waals surface area contributed by atoms with E-state index in [-0.39, 0.29) is 5.96 Å². The summed E-state index contributed by atoms with van der Waals surface area (Å²) in [5.74, 6) is 0.769. The highest BCUT2D eigenvalue weighted by Gasteiger charge is 2.53. The molecule has 1 fully saturated rings. The number of rotatable bonds is 4. The summed E-state index contributed by atoms with van der Waals surface area (Å²) in [6, 6.07) is 14.2. The maximum atomic E-state index is 11.4.